The second kappa shape index (κ2) is 12.0. The second-order valence-corrected chi connectivity index (χ2v) is 11.3. The summed E-state index contributed by atoms with van der Waals surface area (Å²) < 4.78 is 6.21. The molecule has 0 saturated heterocycles. The minimum Gasteiger partial charge on any atom is -0.444 e. The predicted octanol–water partition coefficient (Wildman–Crippen LogP) is 8.41. The first-order valence-corrected chi connectivity index (χ1v) is 13.3. The molecule has 0 aromatic heterocycles. The molecule has 0 heterocycles. The Morgan fingerprint density at radius 2 is 1.35 bits per heavy atom. The van der Waals surface area contributed by atoms with Crippen LogP contribution in [0.4, 0.5) is 0 Å². The van der Waals surface area contributed by atoms with Gasteiger partial charge in [-0.2, -0.15) is 0 Å². The molecule has 172 valence electrons. The van der Waals surface area contributed by atoms with Crippen LogP contribution in [0.5, 0.6) is 5.75 Å². The van der Waals surface area contributed by atoms with Gasteiger partial charge in [-0.15, -0.1) is 0 Å². The van der Waals surface area contributed by atoms with E-state index in [9.17, 15) is 4.89 Å². The van der Waals surface area contributed by atoms with E-state index in [4.69, 9.17) is 4.52 Å². The van der Waals surface area contributed by atoms with Gasteiger partial charge in [0.1, 0.15) is 5.75 Å². The first kappa shape index (κ1) is 25.9. The lowest BCUT2D eigenvalue weighted by Gasteiger charge is -2.32. The van der Waals surface area contributed by atoms with Crippen molar-refractivity contribution in [2.45, 2.75) is 104 Å². The first-order chi connectivity index (χ1) is 14.7. The van der Waals surface area contributed by atoms with Gasteiger partial charge in [0, 0.05) is 10.9 Å². The molecule has 0 spiro atoms. The maximum Gasteiger partial charge on any atom is 0.262 e. The Bertz CT molecular complexity index is 783. The van der Waals surface area contributed by atoms with Crippen molar-refractivity contribution in [3.63, 3.8) is 0 Å². The fourth-order valence-corrected chi connectivity index (χ4v) is 5.05. The van der Waals surface area contributed by atoms with E-state index in [2.05, 4.69) is 59.7 Å². The molecule has 0 aliphatic rings. The quantitative estimate of drug-likeness (QED) is 0.249. The molecule has 31 heavy (non-hydrogen) atoms. The lowest BCUT2D eigenvalue weighted by Crippen LogP contribution is -2.22. The largest absolute Gasteiger partial charge is 0.444 e. The molecule has 1 atom stereocenters. The summed E-state index contributed by atoms with van der Waals surface area (Å²) in [4.78, 5) is 10.8. The van der Waals surface area contributed by atoms with Gasteiger partial charge in [0.05, 0.1) is 0 Å². The number of benzene rings is 2. The molecule has 0 aliphatic carbocycles. The van der Waals surface area contributed by atoms with E-state index in [0.717, 1.165) is 17.5 Å². The van der Waals surface area contributed by atoms with E-state index in [1.54, 1.807) is 0 Å². The van der Waals surface area contributed by atoms with Crippen LogP contribution in [0, 0.1) is 0 Å². The Labute approximate surface area is 192 Å². The van der Waals surface area contributed by atoms with E-state index in [0.29, 0.717) is 0 Å². The van der Waals surface area contributed by atoms with Crippen LogP contribution >= 0.6 is 8.38 Å². The van der Waals surface area contributed by atoms with Gasteiger partial charge in [-0.05, 0) is 47.4 Å². The zero-order valence-corrected chi connectivity index (χ0v) is 21.5. The van der Waals surface area contributed by atoms with E-state index in [1.165, 1.54) is 56.1 Å². The van der Waals surface area contributed by atoms with Crippen molar-refractivity contribution in [1.82, 2.24) is 0 Å². The molecule has 3 heteroatoms. The van der Waals surface area contributed by atoms with Crippen LogP contribution in [0.15, 0.2) is 48.5 Å². The molecule has 0 bridgehead atoms. The highest BCUT2D eigenvalue weighted by molar-refractivity contribution is 7.55. The molecular weight excluding hydrogens is 399 g/mol. The van der Waals surface area contributed by atoms with Crippen molar-refractivity contribution in [3.05, 3.63) is 59.7 Å². The third-order valence-electron chi connectivity index (χ3n) is 6.46. The topological polar surface area (TPSA) is 29.5 Å². The Kier molecular flexibility index (Phi) is 10.0. The third kappa shape index (κ3) is 7.62. The number of rotatable bonds is 13. The van der Waals surface area contributed by atoms with E-state index < -0.39 is 8.38 Å². The van der Waals surface area contributed by atoms with Crippen molar-refractivity contribution in [3.8, 4) is 5.75 Å². The summed E-state index contributed by atoms with van der Waals surface area (Å²) in [5.41, 5.74) is 2.72. The highest BCUT2D eigenvalue weighted by Crippen LogP contribution is 2.43. The molecule has 0 fully saturated rings. The lowest BCUT2D eigenvalue weighted by atomic mass is 9.74. The lowest BCUT2D eigenvalue weighted by molar-refractivity contribution is 0.420. The van der Waals surface area contributed by atoms with Crippen molar-refractivity contribution in [2.75, 3.05) is 0 Å². The number of hydrogen-bond acceptors (Lipinski definition) is 2. The molecule has 1 unspecified atom stereocenters. The third-order valence-corrected chi connectivity index (χ3v) is 7.57. The van der Waals surface area contributed by atoms with Gasteiger partial charge in [0.25, 0.3) is 8.38 Å². The molecule has 2 nitrogen and oxygen atoms in total. The summed E-state index contributed by atoms with van der Waals surface area (Å²) >= 11 is 0. The predicted molar refractivity (Wildman–Crippen MR) is 137 cm³/mol. The summed E-state index contributed by atoms with van der Waals surface area (Å²) in [6, 6.07) is 16.4. The smallest absolute Gasteiger partial charge is 0.262 e. The van der Waals surface area contributed by atoms with Gasteiger partial charge in [0.15, 0.2) is 0 Å². The van der Waals surface area contributed by atoms with E-state index in [-0.39, 0.29) is 10.8 Å². The molecule has 1 N–H and O–H groups in total. The normalized spacial score (nSPS) is 13.3. The van der Waals surface area contributed by atoms with Crippen LogP contribution in [-0.4, -0.2) is 4.89 Å². The maximum atomic E-state index is 10.8. The van der Waals surface area contributed by atoms with Crippen LogP contribution in [0.25, 0.3) is 0 Å². The highest BCUT2D eigenvalue weighted by atomic mass is 31.2. The van der Waals surface area contributed by atoms with Crippen molar-refractivity contribution in [1.29, 1.82) is 0 Å². The molecule has 0 saturated carbocycles. The molecule has 2 rings (SSSR count). The van der Waals surface area contributed by atoms with Crippen molar-refractivity contribution in [2.24, 2.45) is 0 Å². The minimum atomic E-state index is -1.68. The molecule has 0 amide bonds. The van der Waals surface area contributed by atoms with Gasteiger partial charge >= 0.3 is 0 Å². The van der Waals surface area contributed by atoms with Gasteiger partial charge in [-0.3, -0.25) is 0 Å². The number of unbranched alkanes of at least 4 members (excludes halogenated alkanes) is 4. The fourth-order valence-electron chi connectivity index (χ4n) is 4.17. The standard InChI is InChI=1S/C28H43O2P/c1-7-9-14-20-27(3,4)23-18-19-26(30-31(29)24-16-12-11-13-17-24)25(22-23)28(5,6)21-15-10-8-2/h11-13,16-19,22,29H,7-10,14-15,20-21H2,1-6H3. The summed E-state index contributed by atoms with van der Waals surface area (Å²) in [6.07, 6.45) is 9.77. The first-order valence-electron chi connectivity index (χ1n) is 12.1. The van der Waals surface area contributed by atoms with Gasteiger partial charge in [0.2, 0.25) is 0 Å². The van der Waals surface area contributed by atoms with Crippen LogP contribution in [0.3, 0.4) is 0 Å². The molecule has 2 aromatic rings. The van der Waals surface area contributed by atoms with Gasteiger partial charge in [-0.1, -0.05) is 110 Å². The minimum absolute atomic E-state index is 0.00707. The van der Waals surface area contributed by atoms with E-state index >= 15 is 0 Å². The zero-order valence-electron chi connectivity index (χ0n) is 20.6. The Morgan fingerprint density at radius 3 is 1.94 bits per heavy atom. The van der Waals surface area contributed by atoms with Gasteiger partial charge < -0.3 is 9.42 Å². The SMILES string of the molecule is CCCCCC(C)(C)c1ccc(OP(O)c2ccccc2)c(C(C)(C)CCCCC)c1. The average molecular weight is 443 g/mol. The summed E-state index contributed by atoms with van der Waals surface area (Å²) in [7, 11) is -1.68. The maximum absolute atomic E-state index is 10.8. The van der Waals surface area contributed by atoms with Gasteiger partial charge in [-0.25, -0.2) is 0 Å². The molecule has 0 radical (unpaired) electrons. The van der Waals surface area contributed by atoms with Crippen LogP contribution < -0.4 is 9.83 Å². The fraction of sp³-hybridized carbons (Fsp3) is 0.571. The van der Waals surface area contributed by atoms with Crippen LogP contribution in [0.2, 0.25) is 0 Å². The summed E-state index contributed by atoms with van der Waals surface area (Å²) in [6.45, 7) is 13.9. The Morgan fingerprint density at radius 1 is 0.774 bits per heavy atom. The van der Waals surface area contributed by atoms with Crippen LogP contribution in [0.1, 0.15) is 104 Å². The number of hydrogen-bond donors (Lipinski definition) is 1. The van der Waals surface area contributed by atoms with Crippen molar-refractivity contribution >= 4 is 13.7 Å². The van der Waals surface area contributed by atoms with E-state index in [1.807, 2.05) is 30.3 Å². The summed E-state index contributed by atoms with van der Waals surface area (Å²) in [5.74, 6) is 0.826. The van der Waals surface area contributed by atoms with Crippen LogP contribution in [-0.2, 0) is 10.8 Å². The van der Waals surface area contributed by atoms with Crippen molar-refractivity contribution < 1.29 is 9.42 Å². The average Bonchev–Trinajstić information content (AvgIpc) is 2.74. The monoisotopic (exact) mass is 442 g/mol. The molecular formula is C28H43O2P. The Hall–Kier alpha value is -1.37. The highest BCUT2D eigenvalue weighted by Gasteiger charge is 2.29. The zero-order chi connectivity index (χ0) is 22.9. The molecule has 2 aromatic carbocycles. The second-order valence-electron chi connectivity index (χ2n) is 10.1. The Balaban J connectivity index is 2.37. The molecule has 0 aliphatic heterocycles. The summed E-state index contributed by atoms with van der Waals surface area (Å²) in [5, 5.41) is 0.844.